The van der Waals surface area contributed by atoms with Crippen LogP contribution in [0.15, 0.2) is 71.0 Å². The van der Waals surface area contributed by atoms with Gasteiger partial charge in [0.05, 0.1) is 7.11 Å². The predicted molar refractivity (Wildman–Crippen MR) is 97.9 cm³/mol. The van der Waals surface area contributed by atoms with Crippen molar-refractivity contribution in [3.05, 3.63) is 87.6 Å². The van der Waals surface area contributed by atoms with Gasteiger partial charge in [0.1, 0.15) is 11.8 Å². The number of nitrogens with zero attached hydrogens (tertiary/aromatic N) is 1. The summed E-state index contributed by atoms with van der Waals surface area (Å²) in [6.07, 6.45) is 1.93. The fourth-order valence-corrected chi connectivity index (χ4v) is 3.17. The summed E-state index contributed by atoms with van der Waals surface area (Å²) in [6, 6.07) is 20.8. The van der Waals surface area contributed by atoms with Crippen molar-refractivity contribution in [1.29, 1.82) is 0 Å². The molecule has 1 atom stereocenters. The van der Waals surface area contributed by atoms with Gasteiger partial charge < -0.3 is 4.74 Å². The van der Waals surface area contributed by atoms with E-state index in [-0.39, 0.29) is 6.04 Å². The largest absolute Gasteiger partial charge is 0.497 e. The topological polar surface area (TPSA) is 21.6 Å². The van der Waals surface area contributed by atoms with Gasteiger partial charge in [-0.1, -0.05) is 35.9 Å². The van der Waals surface area contributed by atoms with Gasteiger partial charge in [0.15, 0.2) is 0 Å². The van der Waals surface area contributed by atoms with Gasteiger partial charge in [0.25, 0.3) is 0 Å². The molecule has 1 aromatic heterocycles. The second kappa shape index (κ2) is 7.25. The average molecular weight is 321 g/mol. The van der Waals surface area contributed by atoms with Gasteiger partial charge in [-0.3, -0.25) is 4.99 Å². The van der Waals surface area contributed by atoms with E-state index < -0.39 is 0 Å². The summed E-state index contributed by atoms with van der Waals surface area (Å²) in [5.74, 6) is 0.857. The molecular formula is C20H19NOS. The highest BCUT2D eigenvalue weighted by Crippen LogP contribution is 2.29. The quantitative estimate of drug-likeness (QED) is 0.586. The van der Waals surface area contributed by atoms with Crippen LogP contribution >= 0.6 is 11.3 Å². The van der Waals surface area contributed by atoms with Crippen LogP contribution in [0.5, 0.6) is 5.75 Å². The Labute approximate surface area is 141 Å². The number of aliphatic imine (C=N–C) groups is 1. The second-order valence-electron chi connectivity index (χ2n) is 5.38. The third-order valence-electron chi connectivity index (χ3n) is 3.69. The Kier molecular flexibility index (Phi) is 4.89. The minimum Gasteiger partial charge on any atom is -0.497 e. The molecule has 0 saturated heterocycles. The lowest BCUT2D eigenvalue weighted by molar-refractivity contribution is 0.415. The van der Waals surface area contributed by atoms with Crippen molar-refractivity contribution in [2.75, 3.05) is 7.11 Å². The van der Waals surface area contributed by atoms with Crippen molar-refractivity contribution >= 4 is 17.6 Å². The maximum Gasteiger partial charge on any atom is 0.118 e. The van der Waals surface area contributed by atoms with E-state index >= 15 is 0 Å². The van der Waals surface area contributed by atoms with E-state index in [0.29, 0.717) is 0 Å². The Morgan fingerprint density at radius 3 is 2.35 bits per heavy atom. The van der Waals surface area contributed by atoms with Crippen LogP contribution in [0.2, 0.25) is 0 Å². The molecule has 2 nitrogen and oxygen atoms in total. The highest BCUT2D eigenvalue weighted by atomic mass is 32.1. The van der Waals surface area contributed by atoms with E-state index in [4.69, 9.17) is 9.73 Å². The number of thiophene rings is 1. The van der Waals surface area contributed by atoms with Crippen LogP contribution in [0.4, 0.5) is 0 Å². The summed E-state index contributed by atoms with van der Waals surface area (Å²) >= 11 is 1.74. The lowest BCUT2D eigenvalue weighted by Gasteiger charge is -2.11. The molecule has 0 N–H and O–H groups in total. The fraction of sp³-hybridized carbons (Fsp3) is 0.150. The maximum absolute atomic E-state index is 5.19. The van der Waals surface area contributed by atoms with Crippen LogP contribution in [0.1, 0.15) is 27.6 Å². The average Bonchev–Trinajstić information content (AvgIpc) is 3.11. The number of rotatable bonds is 5. The van der Waals surface area contributed by atoms with Gasteiger partial charge in [-0.25, -0.2) is 0 Å². The third kappa shape index (κ3) is 3.88. The molecule has 3 heteroatoms. The summed E-state index contributed by atoms with van der Waals surface area (Å²) in [5, 5.41) is 2.10. The van der Waals surface area contributed by atoms with Crippen molar-refractivity contribution in [2.24, 2.45) is 4.99 Å². The molecule has 0 fully saturated rings. The molecule has 1 heterocycles. The molecule has 2 aromatic carbocycles. The number of methoxy groups -OCH3 is 1. The standard InChI is InChI=1S/C20H19NOS/c1-15-5-9-17(10-6-15)20(19-4-3-13-23-19)21-14-16-7-11-18(22-2)12-8-16/h3-14,20H,1-2H3/t20-/m0/s1. The van der Waals surface area contributed by atoms with E-state index in [0.717, 1.165) is 11.3 Å². The lowest BCUT2D eigenvalue weighted by Crippen LogP contribution is -1.97. The van der Waals surface area contributed by atoms with Crippen molar-refractivity contribution in [3.8, 4) is 5.75 Å². The summed E-state index contributed by atoms with van der Waals surface area (Å²) in [7, 11) is 1.67. The highest BCUT2D eigenvalue weighted by Gasteiger charge is 2.13. The van der Waals surface area contributed by atoms with E-state index in [1.54, 1.807) is 18.4 Å². The minimum atomic E-state index is 0.0395. The molecule has 116 valence electrons. The second-order valence-corrected chi connectivity index (χ2v) is 6.36. The molecule has 0 saturated carbocycles. The highest BCUT2D eigenvalue weighted by molar-refractivity contribution is 7.10. The summed E-state index contributed by atoms with van der Waals surface area (Å²) in [5.41, 5.74) is 3.54. The van der Waals surface area contributed by atoms with Gasteiger partial charge in [0.2, 0.25) is 0 Å². The number of benzene rings is 2. The molecule has 3 aromatic rings. The molecule has 0 unspecified atom stereocenters. The molecule has 0 aliphatic rings. The first-order valence-corrected chi connectivity index (χ1v) is 8.41. The monoisotopic (exact) mass is 321 g/mol. The molecule has 0 radical (unpaired) electrons. The Morgan fingerprint density at radius 1 is 1.00 bits per heavy atom. The maximum atomic E-state index is 5.19. The van der Waals surface area contributed by atoms with Crippen LogP contribution in [-0.4, -0.2) is 13.3 Å². The first kappa shape index (κ1) is 15.5. The first-order valence-electron chi connectivity index (χ1n) is 7.53. The van der Waals surface area contributed by atoms with Crippen LogP contribution in [0.3, 0.4) is 0 Å². The molecule has 3 rings (SSSR count). The van der Waals surface area contributed by atoms with Gasteiger partial charge >= 0.3 is 0 Å². The zero-order valence-corrected chi connectivity index (χ0v) is 14.1. The predicted octanol–water partition coefficient (Wildman–Crippen LogP) is 5.27. The molecule has 23 heavy (non-hydrogen) atoms. The molecule has 0 aliphatic heterocycles. The fourth-order valence-electron chi connectivity index (χ4n) is 2.37. The van der Waals surface area contributed by atoms with Gasteiger partial charge in [-0.2, -0.15) is 0 Å². The Bertz CT molecular complexity index is 758. The van der Waals surface area contributed by atoms with E-state index in [1.807, 2.05) is 30.5 Å². The first-order chi connectivity index (χ1) is 11.3. The van der Waals surface area contributed by atoms with E-state index in [2.05, 4.69) is 48.7 Å². The van der Waals surface area contributed by atoms with Crippen LogP contribution < -0.4 is 4.74 Å². The minimum absolute atomic E-state index is 0.0395. The zero-order chi connectivity index (χ0) is 16.1. The van der Waals surface area contributed by atoms with Gasteiger partial charge in [-0.15, -0.1) is 11.3 Å². The van der Waals surface area contributed by atoms with Crippen molar-refractivity contribution in [2.45, 2.75) is 13.0 Å². The number of hydrogen-bond donors (Lipinski definition) is 0. The molecular weight excluding hydrogens is 302 g/mol. The van der Waals surface area contributed by atoms with Gasteiger partial charge in [-0.05, 0) is 53.8 Å². The van der Waals surface area contributed by atoms with Crippen molar-refractivity contribution in [3.63, 3.8) is 0 Å². The van der Waals surface area contributed by atoms with Crippen LogP contribution in [0, 0.1) is 6.92 Å². The number of aryl methyl sites for hydroxylation is 1. The number of ether oxygens (including phenoxy) is 1. The zero-order valence-electron chi connectivity index (χ0n) is 13.3. The molecule has 0 amide bonds. The molecule has 0 aliphatic carbocycles. The Hall–Kier alpha value is -2.39. The Morgan fingerprint density at radius 2 is 1.74 bits per heavy atom. The van der Waals surface area contributed by atoms with Gasteiger partial charge in [0, 0.05) is 11.1 Å². The van der Waals surface area contributed by atoms with E-state index in [9.17, 15) is 0 Å². The summed E-state index contributed by atoms with van der Waals surface area (Å²) in [6.45, 7) is 2.10. The lowest BCUT2D eigenvalue weighted by atomic mass is 10.0. The summed E-state index contributed by atoms with van der Waals surface area (Å²) < 4.78 is 5.19. The molecule has 0 spiro atoms. The summed E-state index contributed by atoms with van der Waals surface area (Å²) in [4.78, 5) is 6.09. The van der Waals surface area contributed by atoms with Crippen molar-refractivity contribution in [1.82, 2.24) is 0 Å². The smallest absolute Gasteiger partial charge is 0.118 e. The Balaban J connectivity index is 1.89. The normalized spacial score (nSPS) is 12.4. The van der Waals surface area contributed by atoms with Crippen LogP contribution in [0.25, 0.3) is 0 Å². The SMILES string of the molecule is COc1ccc(C=N[C@@H](c2ccc(C)cc2)c2cccs2)cc1. The van der Waals surface area contributed by atoms with E-state index in [1.165, 1.54) is 16.0 Å². The van der Waals surface area contributed by atoms with Crippen LogP contribution in [-0.2, 0) is 0 Å². The molecule has 0 bridgehead atoms. The number of hydrogen-bond acceptors (Lipinski definition) is 3. The van der Waals surface area contributed by atoms with Crippen molar-refractivity contribution < 1.29 is 4.74 Å². The third-order valence-corrected chi connectivity index (χ3v) is 4.62.